The molecule has 3 saturated heterocycles. The Kier molecular flexibility index (Phi) is 7.20. The first-order valence-electron chi connectivity index (χ1n) is 15.7. The second-order valence-electron chi connectivity index (χ2n) is 12.9. The SMILES string of the molecule is CC1CCC(Cn2c(N3CCCC4OCCCC43)nc3nc(C4NOC(=O)N4)nc(N[C@H](C)C4CCC4)c32)CC1. The van der Waals surface area contributed by atoms with Crippen LogP contribution in [0.4, 0.5) is 16.6 Å². The van der Waals surface area contributed by atoms with Crippen LogP contribution in [0.1, 0.15) is 96.5 Å². The molecule has 0 bridgehead atoms. The van der Waals surface area contributed by atoms with Crippen LogP contribution in [0, 0.1) is 17.8 Å². The molecule has 40 heavy (non-hydrogen) atoms. The molecule has 0 aromatic carbocycles. The second kappa shape index (κ2) is 11.0. The highest BCUT2D eigenvalue weighted by Crippen LogP contribution is 2.38. The summed E-state index contributed by atoms with van der Waals surface area (Å²) in [6.45, 7) is 7.39. The molecule has 11 nitrogen and oxygen atoms in total. The van der Waals surface area contributed by atoms with Crippen molar-refractivity contribution in [2.45, 2.75) is 115 Å². The summed E-state index contributed by atoms with van der Waals surface area (Å²) in [4.78, 5) is 34.5. The fourth-order valence-corrected chi connectivity index (χ4v) is 7.45. The van der Waals surface area contributed by atoms with Crippen molar-refractivity contribution >= 4 is 29.0 Å². The lowest BCUT2D eigenvalue weighted by atomic mass is 9.80. The van der Waals surface area contributed by atoms with E-state index < -0.39 is 12.3 Å². The summed E-state index contributed by atoms with van der Waals surface area (Å²) < 4.78 is 8.68. The number of carbonyl (C=O) groups is 1. The number of amides is 1. The van der Waals surface area contributed by atoms with Crippen LogP contribution in [0.25, 0.3) is 11.2 Å². The molecule has 0 radical (unpaired) electrons. The van der Waals surface area contributed by atoms with E-state index in [4.69, 9.17) is 24.5 Å². The minimum absolute atomic E-state index is 0.263. The Hall–Kier alpha value is -2.66. The van der Waals surface area contributed by atoms with Crippen molar-refractivity contribution in [3.63, 3.8) is 0 Å². The highest BCUT2D eigenvalue weighted by Gasteiger charge is 2.38. The quantitative estimate of drug-likeness (QED) is 0.451. The summed E-state index contributed by atoms with van der Waals surface area (Å²) in [6.07, 6.45) is 12.4. The van der Waals surface area contributed by atoms with Gasteiger partial charge in [0.1, 0.15) is 5.52 Å². The standard InChI is InChI=1S/C29H44N8O3/c1-17-10-12-19(13-11-17)16-37-23-24(30-18(2)20-6-3-7-20)31-26(27-34-29(38)40-35-27)32-25(23)33-28(37)36-14-4-9-22-21(36)8-5-15-39-22/h17-22,27,35H,3-16H2,1-2H3,(H,34,38)(H,30,31,32)/t17?,18-,19?,21?,22?,27?/m1/s1. The van der Waals surface area contributed by atoms with E-state index in [1.807, 2.05) is 0 Å². The molecule has 7 rings (SSSR count). The average molecular weight is 553 g/mol. The molecule has 2 aliphatic carbocycles. The van der Waals surface area contributed by atoms with Gasteiger partial charge in [-0.05, 0) is 76.0 Å². The van der Waals surface area contributed by atoms with Gasteiger partial charge in [0.25, 0.3) is 0 Å². The van der Waals surface area contributed by atoms with E-state index in [-0.39, 0.29) is 12.1 Å². The normalized spacial score (nSPS) is 31.8. The molecule has 5 heterocycles. The van der Waals surface area contributed by atoms with E-state index in [9.17, 15) is 4.79 Å². The number of hydroxylamine groups is 1. The molecule has 3 N–H and O–H groups in total. The van der Waals surface area contributed by atoms with Gasteiger partial charge in [0.2, 0.25) is 5.95 Å². The smallest absolute Gasteiger partial charge is 0.376 e. The Morgan fingerprint density at radius 3 is 2.62 bits per heavy atom. The Labute approximate surface area is 236 Å². The predicted molar refractivity (Wildman–Crippen MR) is 152 cm³/mol. The van der Waals surface area contributed by atoms with Crippen LogP contribution < -0.4 is 21.0 Å². The molecule has 2 aromatic heterocycles. The lowest BCUT2D eigenvalue weighted by Gasteiger charge is -2.44. The second-order valence-corrected chi connectivity index (χ2v) is 12.9. The molecule has 0 spiro atoms. The van der Waals surface area contributed by atoms with Gasteiger partial charge in [-0.25, -0.2) is 14.8 Å². The van der Waals surface area contributed by atoms with Crippen LogP contribution in [0.5, 0.6) is 0 Å². The van der Waals surface area contributed by atoms with E-state index in [0.29, 0.717) is 29.3 Å². The first-order chi connectivity index (χ1) is 19.5. The monoisotopic (exact) mass is 552 g/mol. The van der Waals surface area contributed by atoms with Gasteiger partial charge < -0.3 is 24.4 Å². The molecule has 11 heteroatoms. The first-order valence-corrected chi connectivity index (χ1v) is 15.7. The minimum Gasteiger partial charge on any atom is -0.376 e. The van der Waals surface area contributed by atoms with Gasteiger partial charge in [-0.3, -0.25) is 5.32 Å². The number of rotatable bonds is 7. The van der Waals surface area contributed by atoms with Crippen LogP contribution in [0.2, 0.25) is 0 Å². The van der Waals surface area contributed by atoms with Crippen LogP contribution in [0.15, 0.2) is 0 Å². The molecule has 3 aliphatic heterocycles. The summed E-state index contributed by atoms with van der Waals surface area (Å²) in [6, 6.07) is 0.627. The summed E-state index contributed by atoms with van der Waals surface area (Å²) in [5.74, 6) is 4.32. The zero-order valence-corrected chi connectivity index (χ0v) is 23.9. The maximum atomic E-state index is 11.8. The number of imidazole rings is 1. The number of fused-ring (bicyclic) bond motifs is 2. The Morgan fingerprint density at radius 1 is 1.02 bits per heavy atom. The average Bonchev–Trinajstić information content (AvgIpc) is 3.52. The summed E-state index contributed by atoms with van der Waals surface area (Å²) in [7, 11) is 0. The summed E-state index contributed by atoms with van der Waals surface area (Å²) in [5, 5.41) is 6.55. The minimum atomic E-state index is -0.615. The van der Waals surface area contributed by atoms with Gasteiger partial charge in [0, 0.05) is 25.7 Å². The van der Waals surface area contributed by atoms with Crippen LogP contribution >= 0.6 is 0 Å². The van der Waals surface area contributed by atoms with Gasteiger partial charge in [-0.15, -0.1) is 5.48 Å². The van der Waals surface area contributed by atoms with Crippen molar-refractivity contribution in [2.24, 2.45) is 17.8 Å². The zero-order chi connectivity index (χ0) is 27.2. The number of aromatic nitrogens is 4. The van der Waals surface area contributed by atoms with Crippen molar-refractivity contribution in [1.29, 1.82) is 0 Å². The molecule has 2 saturated carbocycles. The predicted octanol–water partition coefficient (Wildman–Crippen LogP) is 4.64. The number of anilines is 2. The largest absolute Gasteiger partial charge is 0.427 e. The third-order valence-electron chi connectivity index (χ3n) is 10.1. The molecule has 5 fully saturated rings. The summed E-state index contributed by atoms with van der Waals surface area (Å²) in [5.41, 5.74) is 4.38. The number of nitrogens with one attached hydrogen (secondary N) is 3. The van der Waals surface area contributed by atoms with Crippen molar-refractivity contribution in [3.8, 4) is 0 Å². The topological polar surface area (TPSA) is 118 Å². The molecule has 3 unspecified atom stereocenters. The zero-order valence-electron chi connectivity index (χ0n) is 23.9. The fourth-order valence-electron chi connectivity index (χ4n) is 7.45. The molecular weight excluding hydrogens is 508 g/mol. The van der Waals surface area contributed by atoms with E-state index in [0.717, 1.165) is 68.6 Å². The van der Waals surface area contributed by atoms with E-state index in [2.05, 4.69) is 39.4 Å². The van der Waals surface area contributed by atoms with Gasteiger partial charge >= 0.3 is 6.09 Å². The van der Waals surface area contributed by atoms with Crippen molar-refractivity contribution < 1.29 is 14.4 Å². The Bertz CT molecular complexity index is 1220. The third kappa shape index (κ3) is 5.00. The number of ether oxygens (including phenoxy) is 1. The van der Waals surface area contributed by atoms with Gasteiger partial charge in [0.15, 0.2) is 23.5 Å². The lowest BCUT2D eigenvalue weighted by Crippen LogP contribution is -2.52. The number of piperidine rings is 1. The van der Waals surface area contributed by atoms with Gasteiger partial charge in [-0.1, -0.05) is 26.2 Å². The van der Waals surface area contributed by atoms with Crippen LogP contribution in [0.3, 0.4) is 0 Å². The lowest BCUT2D eigenvalue weighted by molar-refractivity contribution is -0.0158. The Morgan fingerprint density at radius 2 is 1.88 bits per heavy atom. The maximum absolute atomic E-state index is 11.8. The molecule has 5 aliphatic rings. The fraction of sp³-hybridized carbons (Fsp3) is 0.793. The molecular formula is C29H44N8O3. The van der Waals surface area contributed by atoms with Gasteiger partial charge in [0.05, 0.1) is 12.1 Å². The third-order valence-corrected chi connectivity index (χ3v) is 10.1. The maximum Gasteiger partial charge on any atom is 0.427 e. The van der Waals surface area contributed by atoms with E-state index in [1.54, 1.807) is 0 Å². The highest BCUT2D eigenvalue weighted by atomic mass is 16.7. The van der Waals surface area contributed by atoms with Crippen molar-refractivity contribution in [2.75, 3.05) is 23.4 Å². The first kappa shape index (κ1) is 26.3. The number of carbonyl (C=O) groups excluding carboxylic acids is 1. The Balaban J connectivity index is 1.33. The van der Waals surface area contributed by atoms with Crippen molar-refractivity contribution in [3.05, 3.63) is 5.82 Å². The van der Waals surface area contributed by atoms with Crippen LogP contribution in [-0.2, 0) is 16.1 Å². The number of hydrogen-bond donors (Lipinski definition) is 3. The summed E-state index contributed by atoms with van der Waals surface area (Å²) >= 11 is 0. The molecule has 1 amide bonds. The van der Waals surface area contributed by atoms with Crippen molar-refractivity contribution in [1.82, 2.24) is 30.3 Å². The number of nitrogens with zero attached hydrogens (tertiary/aromatic N) is 5. The van der Waals surface area contributed by atoms with Gasteiger partial charge in [-0.2, -0.15) is 4.98 Å². The molecule has 4 atom stereocenters. The van der Waals surface area contributed by atoms with E-state index in [1.165, 1.54) is 44.9 Å². The highest BCUT2D eigenvalue weighted by molar-refractivity contribution is 5.86. The van der Waals surface area contributed by atoms with Crippen LogP contribution in [-0.4, -0.2) is 57.0 Å². The molecule has 218 valence electrons. The molecule has 2 aromatic rings. The van der Waals surface area contributed by atoms with E-state index >= 15 is 0 Å². The number of hydrogen-bond acceptors (Lipinski definition) is 9.